The van der Waals surface area contributed by atoms with Gasteiger partial charge in [0.25, 0.3) is 0 Å². The molecule has 1 amide bonds. The molecule has 1 saturated heterocycles. The first-order valence-corrected chi connectivity index (χ1v) is 7.85. The number of hydrogen-bond acceptors (Lipinski definition) is 3. The van der Waals surface area contributed by atoms with Crippen molar-refractivity contribution in [2.45, 2.75) is 51.7 Å². The number of amides is 1. The van der Waals surface area contributed by atoms with Gasteiger partial charge in [-0.3, -0.25) is 4.79 Å². The normalized spacial score (nSPS) is 25.0. The number of carbonyl (C=O) groups excluding carboxylic acids is 1. The molecule has 1 fully saturated rings. The molecule has 0 spiro atoms. The fourth-order valence-electron chi connectivity index (χ4n) is 2.52. The van der Waals surface area contributed by atoms with E-state index in [2.05, 4.69) is 42.8 Å². The number of aryl methyl sites for hydroxylation is 1. The third kappa shape index (κ3) is 2.49. The second-order valence-corrected chi connectivity index (χ2v) is 7.24. The summed E-state index contributed by atoms with van der Waals surface area (Å²) in [5, 5.41) is 0. The third-order valence-electron chi connectivity index (χ3n) is 3.41. The first-order valence-electron chi connectivity index (χ1n) is 6.24. The summed E-state index contributed by atoms with van der Waals surface area (Å²) in [6.07, 6.45) is 1.35. The van der Waals surface area contributed by atoms with Gasteiger partial charge in [-0.1, -0.05) is 0 Å². The lowest BCUT2D eigenvalue weighted by Crippen LogP contribution is -2.51. The van der Waals surface area contributed by atoms with Crippen LogP contribution in [0.2, 0.25) is 0 Å². The molecular formula is C13H19BrN2OS. The molecule has 2 unspecified atom stereocenters. The molecule has 100 valence electrons. The van der Waals surface area contributed by atoms with Crippen LogP contribution in [0.5, 0.6) is 0 Å². The lowest BCUT2D eigenvalue weighted by Gasteiger charge is -2.41. The summed E-state index contributed by atoms with van der Waals surface area (Å²) in [5.74, 6) is 0.221. The number of carbonyl (C=O) groups is 1. The molecule has 2 rings (SSSR count). The molecule has 5 heteroatoms. The highest BCUT2D eigenvalue weighted by Gasteiger charge is 2.37. The molecular weight excluding hydrogens is 312 g/mol. The number of thiophene rings is 1. The van der Waals surface area contributed by atoms with Crippen LogP contribution in [0.4, 0.5) is 0 Å². The Morgan fingerprint density at radius 3 is 2.72 bits per heavy atom. The van der Waals surface area contributed by atoms with Crippen molar-refractivity contribution in [2.24, 2.45) is 5.73 Å². The van der Waals surface area contributed by atoms with E-state index in [-0.39, 0.29) is 24.0 Å². The molecule has 0 aromatic carbocycles. The van der Waals surface area contributed by atoms with Gasteiger partial charge < -0.3 is 10.6 Å². The molecule has 1 aliphatic heterocycles. The van der Waals surface area contributed by atoms with Crippen LogP contribution in [0, 0.1) is 6.92 Å². The summed E-state index contributed by atoms with van der Waals surface area (Å²) < 4.78 is 1.11. The SMILES string of the molecule is Cc1sc(C2C(N)CCC(=O)N2C(C)C)cc1Br. The molecule has 0 aliphatic carbocycles. The molecule has 3 nitrogen and oxygen atoms in total. The van der Waals surface area contributed by atoms with E-state index < -0.39 is 0 Å². The fraction of sp³-hybridized carbons (Fsp3) is 0.615. The van der Waals surface area contributed by atoms with E-state index in [4.69, 9.17) is 5.73 Å². The third-order valence-corrected chi connectivity index (χ3v) is 5.62. The quantitative estimate of drug-likeness (QED) is 0.904. The second-order valence-electron chi connectivity index (χ2n) is 5.10. The van der Waals surface area contributed by atoms with Gasteiger partial charge in [0, 0.05) is 32.7 Å². The zero-order chi connectivity index (χ0) is 13.4. The predicted octanol–water partition coefficient (Wildman–Crippen LogP) is 3.22. The van der Waals surface area contributed by atoms with Gasteiger partial charge in [-0.2, -0.15) is 0 Å². The Labute approximate surface area is 120 Å². The summed E-state index contributed by atoms with van der Waals surface area (Å²) in [6, 6.07) is 2.37. The maximum atomic E-state index is 12.1. The van der Waals surface area contributed by atoms with Gasteiger partial charge in [0.2, 0.25) is 5.91 Å². The summed E-state index contributed by atoms with van der Waals surface area (Å²) in [5.41, 5.74) is 6.26. The zero-order valence-electron chi connectivity index (χ0n) is 10.9. The van der Waals surface area contributed by atoms with Crippen molar-refractivity contribution in [1.29, 1.82) is 0 Å². The van der Waals surface area contributed by atoms with Gasteiger partial charge in [-0.25, -0.2) is 0 Å². The molecule has 0 saturated carbocycles. The van der Waals surface area contributed by atoms with Crippen LogP contribution in [0.3, 0.4) is 0 Å². The zero-order valence-corrected chi connectivity index (χ0v) is 13.3. The molecule has 2 N–H and O–H groups in total. The van der Waals surface area contributed by atoms with Crippen molar-refractivity contribution in [2.75, 3.05) is 0 Å². The summed E-state index contributed by atoms with van der Waals surface area (Å²) in [4.78, 5) is 16.5. The van der Waals surface area contributed by atoms with Gasteiger partial charge in [0.05, 0.1) is 6.04 Å². The van der Waals surface area contributed by atoms with Crippen molar-refractivity contribution in [1.82, 2.24) is 4.90 Å². The number of rotatable bonds is 2. The van der Waals surface area contributed by atoms with Gasteiger partial charge >= 0.3 is 0 Å². The maximum absolute atomic E-state index is 12.1. The van der Waals surface area contributed by atoms with Crippen molar-refractivity contribution in [3.8, 4) is 0 Å². The Morgan fingerprint density at radius 1 is 1.56 bits per heavy atom. The van der Waals surface area contributed by atoms with Crippen molar-refractivity contribution >= 4 is 33.2 Å². The Kier molecular flexibility index (Phi) is 4.14. The van der Waals surface area contributed by atoms with Crippen molar-refractivity contribution in [3.63, 3.8) is 0 Å². The largest absolute Gasteiger partial charge is 0.331 e. The molecule has 1 aliphatic rings. The van der Waals surface area contributed by atoms with Crippen LogP contribution in [0.1, 0.15) is 42.5 Å². The fourth-order valence-corrected chi connectivity index (χ4v) is 4.26. The van der Waals surface area contributed by atoms with Crippen LogP contribution in [0.25, 0.3) is 0 Å². The standard InChI is InChI=1S/C13H19BrN2OS/c1-7(2)16-12(17)5-4-10(15)13(16)11-6-9(14)8(3)18-11/h6-7,10,13H,4-5,15H2,1-3H3. The lowest BCUT2D eigenvalue weighted by molar-refractivity contribution is -0.139. The van der Waals surface area contributed by atoms with E-state index >= 15 is 0 Å². The average Bonchev–Trinajstić information content (AvgIpc) is 2.61. The first kappa shape index (κ1) is 14.0. The van der Waals surface area contributed by atoms with Gasteiger partial charge in [0.15, 0.2) is 0 Å². The molecule has 0 radical (unpaired) electrons. The number of likely N-dealkylation sites (tertiary alicyclic amines) is 1. The van der Waals surface area contributed by atoms with Gasteiger partial charge in [-0.15, -0.1) is 11.3 Å². The average molecular weight is 331 g/mol. The Bertz CT molecular complexity index is 438. The predicted molar refractivity (Wildman–Crippen MR) is 78.7 cm³/mol. The van der Waals surface area contributed by atoms with Crippen LogP contribution < -0.4 is 5.73 Å². The van der Waals surface area contributed by atoms with E-state index in [9.17, 15) is 4.79 Å². The number of halogens is 1. The van der Waals surface area contributed by atoms with Gasteiger partial charge in [0.1, 0.15) is 0 Å². The molecule has 1 aromatic heterocycles. The van der Waals surface area contributed by atoms with Crippen LogP contribution in [0.15, 0.2) is 10.5 Å². The molecule has 0 bridgehead atoms. The second kappa shape index (κ2) is 5.31. The summed E-state index contributed by atoms with van der Waals surface area (Å²) in [6.45, 7) is 6.19. The van der Waals surface area contributed by atoms with Crippen molar-refractivity contribution in [3.05, 3.63) is 20.3 Å². The lowest BCUT2D eigenvalue weighted by atomic mass is 9.94. The smallest absolute Gasteiger partial charge is 0.223 e. The number of hydrogen-bond donors (Lipinski definition) is 1. The molecule has 18 heavy (non-hydrogen) atoms. The number of piperidine rings is 1. The molecule has 1 aromatic rings. The summed E-state index contributed by atoms with van der Waals surface area (Å²) in [7, 11) is 0. The summed E-state index contributed by atoms with van der Waals surface area (Å²) >= 11 is 5.27. The van der Waals surface area contributed by atoms with Gasteiger partial charge in [-0.05, 0) is 49.2 Å². The van der Waals surface area contributed by atoms with E-state index in [1.54, 1.807) is 11.3 Å². The minimum absolute atomic E-state index is 0.0289. The van der Waals surface area contributed by atoms with E-state index in [0.29, 0.717) is 6.42 Å². The number of nitrogens with two attached hydrogens (primary N) is 1. The minimum atomic E-state index is 0.0289. The Morgan fingerprint density at radius 2 is 2.22 bits per heavy atom. The highest BCUT2D eigenvalue weighted by molar-refractivity contribution is 9.10. The van der Waals surface area contributed by atoms with Crippen LogP contribution >= 0.6 is 27.3 Å². The Hall–Kier alpha value is -0.390. The monoisotopic (exact) mass is 330 g/mol. The molecule has 2 heterocycles. The highest BCUT2D eigenvalue weighted by atomic mass is 79.9. The van der Waals surface area contributed by atoms with Crippen LogP contribution in [-0.2, 0) is 4.79 Å². The molecule has 2 atom stereocenters. The topological polar surface area (TPSA) is 46.3 Å². The van der Waals surface area contributed by atoms with E-state index in [0.717, 1.165) is 10.9 Å². The highest BCUT2D eigenvalue weighted by Crippen LogP contribution is 2.38. The first-order chi connectivity index (χ1) is 8.41. The number of nitrogens with zero attached hydrogens (tertiary/aromatic N) is 1. The van der Waals surface area contributed by atoms with E-state index in [1.165, 1.54) is 9.75 Å². The van der Waals surface area contributed by atoms with Crippen molar-refractivity contribution < 1.29 is 4.79 Å². The van der Waals surface area contributed by atoms with Crippen LogP contribution in [-0.4, -0.2) is 22.9 Å². The van der Waals surface area contributed by atoms with E-state index in [1.807, 2.05) is 4.90 Å². The Balaban J connectivity index is 2.39. The minimum Gasteiger partial charge on any atom is -0.331 e. The maximum Gasteiger partial charge on any atom is 0.223 e.